The van der Waals surface area contributed by atoms with Gasteiger partial charge < -0.3 is 14.2 Å². The van der Waals surface area contributed by atoms with E-state index < -0.39 is 5.79 Å². The van der Waals surface area contributed by atoms with E-state index >= 15 is 0 Å². The van der Waals surface area contributed by atoms with Gasteiger partial charge in [0.25, 0.3) is 0 Å². The summed E-state index contributed by atoms with van der Waals surface area (Å²) in [6.45, 7) is 12.3. The van der Waals surface area contributed by atoms with Gasteiger partial charge in [0.15, 0.2) is 0 Å². The summed E-state index contributed by atoms with van der Waals surface area (Å²) >= 11 is 0. The fourth-order valence-corrected chi connectivity index (χ4v) is 4.23. The summed E-state index contributed by atoms with van der Waals surface area (Å²) in [5.74, 6) is -0.941. The molecule has 0 heterocycles. The number of hydrogen-bond donors (Lipinski definition) is 0. The molecular weight excluding hydrogens is 420 g/mol. The van der Waals surface area contributed by atoms with E-state index in [1.54, 1.807) is 0 Å². The Morgan fingerprint density at radius 2 is 1.47 bits per heavy atom. The molecule has 2 aromatic rings. The van der Waals surface area contributed by atoms with Crippen LogP contribution < -0.4 is 0 Å². The molecule has 0 aliphatic heterocycles. The first-order valence-electron chi connectivity index (χ1n) is 13.4. The molecule has 0 bridgehead atoms. The van der Waals surface area contributed by atoms with Gasteiger partial charge in [0, 0.05) is 5.56 Å². The lowest BCUT2D eigenvalue weighted by Crippen LogP contribution is -2.47. The molecule has 0 fully saturated rings. The monoisotopic (exact) mass is 466 g/mol. The zero-order valence-corrected chi connectivity index (χ0v) is 21.8. The zero-order chi connectivity index (χ0) is 24.5. The molecule has 1 unspecified atom stereocenters. The summed E-state index contributed by atoms with van der Waals surface area (Å²) < 4.78 is 19.9. The fourth-order valence-electron chi connectivity index (χ4n) is 4.23. The lowest BCUT2D eigenvalue weighted by molar-refractivity contribution is -0.306. The topological polar surface area (TPSA) is 27.7 Å². The van der Waals surface area contributed by atoms with Crippen molar-refractivity contribution in [3.05, 3.63) is 77.9 Å². The molecule has 0 aliphatic rings. The van der Waals surface area contributed by atoms with Crippen molar-refractivity contribution in [3.8, 4) is 0 Å². The van der Waals surface area contributed by atoms with E-state index in [0.29, 0.717) is 19.8 Å². The van der Waals surface area contributed by atoms with Crippen LogP contribution in [0.5, 0.6) is 0 Å². The second-order valence-corrected chi connectivity index (χ2v) is 9.04. The molecule has 0 amide bonds. The van der Waals surface area contributed by atoms with Crippen molar-refractivity contribution in [2.45, 2.75) is 97.1 Å². The first-order chi connectivity index (χ1) is 16.7. The molecule has 0 saturated heterocycles. The van der Waals surface area contributed by atoms with E-state index in [4.69, 9.17) is 14.2 Å². The Labute approximate surface area is 208 Å². The van der Waals surface area contributed by atoms with Gasteiger partial charge in [-0.25, -0.2) is 0 Å². The van der Waals surface area contributed by atoms with Crippen LogP contribution in [-0.2, 0) is 26.6 Å². The second kappa shape index (κ2) is 16.6. The Hall–Kier alpha value is -1.94. The molecule has 3 nitrogen and oxygen atoms in total. The first-order valence-corrected chi connectivity index (χ1v) is 13.4. The Bertz CT molecular complexity index is 778. The van der Waals surface area contributed by atoms with E-state index in [2.05, 4.69) is 75.9 Å². The Morgan fingerprint density at radius 1 is 0.794 bits per heavy atom. The largest absolute Gasteiger partial charge is 0.368 e. The predicted molar refractivity (Wildman–Crippen MR) is 144 cm³/mol. The molecule has 0 radical (unpaired) electrons. The molecule has 2 aromatic carbocycles. The molecule has 188 valence electrons. The van der Waals surface area contributed by atoms with Gasteiger partial charge in [-0.15, -0.1) is 0 Å². The number of rotatable bonds is 19. The van der Waals surface area contributed by atoms with Gasteiger partial charge in [-0.2, -0.15) is 0 Å². The van der Waals surface area contributed by atoms with Gasteiger partial charge in [-0.1, -0.05) is 120 Å². The van der Waals surface area contributed by atoms with E-state index in [0.717, 1.165) is 42.4 Å². The molecule has 34 heavy (non-hydrogen) atoms. The maximum absolute atomic E-state index is 6.67. The Kier molecular flexibility index (Phi) is 13.9. The maximum atomic E-state index is 6.67. The van der Waals surface area contributed by atoms with Gasteiger partial charge in [-0.3, -0.25) is 0 Å². The van der Waals surface area contributed by atoms with Crippen LogP contribution in [0, 0.1) is 0 Å². The fraction of sp³-hybridized carbons (Fsp3) is 0.548. The zero-order valence-electron chi connectivity index (χ0n) is 21.8. The van der Waals surface area contributed by atoms with Crippen LogP contribution in [0.2, 0.25) is 0 Å². The summed E-state index contributed by atoms with van der Waals surface area (Å²) in [6, 6.07) is 18.8. The predicted octanol–water partition coefficient (Wildman–Crippen LogP) is 8.67. The van der Waals surface area contributed by atoms with Crippen LogP contribution >= 0.6 is 0 Å². The van der Waals surface area contributed by atoms with Crippen LogP contribution in [0.1, 0.15) is 95.2 Å². The number of ether oxygens (including phenoxy) is 3. The third-order valence-corrected chi connectivity index (χ3v) is 6.10. The van der Waals surface area contributed by atoms with Gasteiger partial charge in [0.1, 0.15) is 6.10 Å². The van der Waals surface area contributed by atoms with Crippen molar-refractivity contribution in [1.82, 2.24) is 0 Å². The normalized spacial score (nSPS) is 12.6. The lowest BCUT2D eigenvalue weighted by atomic mass is 9.93. The highest BCUT2D eigenvalue weighted by molar-refractivity contribution is 5.48. The highest BCUT2D eigenvalue weighted by atomic mass is 16.7. The SMILES string of the molecule is C=Cc1cccc(C(OCCC)(OCCC)C(CCCCCCCC)OCc2ccccc2)c1. The first kappa shape index (κ1) is 28.3. The molecular formula is C31H46O3. The summed E-state index contributed by atoms with van der Waals surface area (Å²) in [5, 5.41) is 0. The van der Waals surface area contributed by atoms with E-state index in [-0.39, 0.29) is 6.10 Å². The van der Waals surface area contributed by atoms with Gasteiger partial charge in [-0.05, 0) is 36.5 Å². The summed E-state index contributed by atoms with van der Waals surface area (Å²) in [4.78, 5) is 0. The molecule has 0 N–H and O–H groups in total. The number of benzene rings is 2. The lowest BCUT2D eigenvalue weighted by Gasteiger charge is -2.41. The van der Waals surface area contributed by atoms with Crippen LogP contribution in [0.4, 0.5) is 0 Å². The average molecular weight is 467 g/mol. The Morgan fingerprint density at radius 3 is 2.12 bits per heavy atom. The molecule has 0 aliphatic carbocycles. The molecule has 1 atom stereocenters. The highest BCUT2D eigenvalue weighted by Crippen LogP contribution is 2.37. The minimum Gasteiger partial charge on any atom is -0.368 e. The van der Waals surface area contributed by atoms with Crippen molar-refractivity contribution in [1.29, 1.82) is 0 Å². The highest BCUT2D eigenvalue weighted by Gasteiger charge is 2.43. The minimum atomic E-state index is -0.941. The molecule has 0 spiro atoms. The van der Waals surface area contributed by atoms with Crippen LogP contribution in [-0.4, -0.2) is 19.3 Å². The van der Waals surface area contributed by atoms with E-state index in [9.17, 15) is 0 Å². The quantitative estimate of drug-likeness (QED) is 0.153. The van der Waals surface area contributed by atoms with Gasteiger partial charge in [0.2, 0.25) is 5.79 Å². The van der Waals surface area contributed by atoms with Crippen LogP contribution in [0.3, 0.4) is 0 Å². The standard InChI is InChI=1S/C31H46O3/c1-5-9-10-11-12-16-22-30(32-26-28-18-14-13-15-19-28)31(33-23-6-2,34-24-7-3)29-21-17-20-27(8-4)25-29/h8,13-15,17-21,25,30H,4-7,9-12,16,22-24,26H2,1-3H3. The summed E-state index contributed by atoms with van der Waals surface area (Å²) in [6.07, 6.45) is 11.8. The number of hydrogen-bond acceptors (Lipinski definition) is 3. The van der Waals surface area contributed by atoms with Crippen molar-refractivity contribution in [3.63, 3.8) is 0 Å². The molecule has 3 heteroatoms. The van der Waals surface area contributed by atoms with Crippen LogP contribution in [0.15, 0.2) is 61.2 Å². The second-order valence-electron chi connectivity index (χ2n) is 9.04. The minimum absolute atomic E-state index is 0.211. The van der Waals surface area contributed by atoms with Crippen molar-refractivity contribution >= 4 is 6.08 Å². The Balaban J connectivity index is 2.36. The third-order valence-electron chi connectivity index (χ3n) is 6.10. The smallest absolute Gasteiger partial charge is 0.222 e. The van der Waals surface area contributed by atoms with Crippen LogP contribution in [0.25, 0.3) is 6.08 Å². The molecule has 0 saturated carbocycles. The molecule has 2 rings (SSSR count). The van der Waals surface area contributed by atoms with Crippen molar-refractivity contribution in [2.24, 2.45) is 0 Å². The third kappa shape index (κ3) is 9.02. The van der Waals surface area contributed by atoms with Gasteiger partial charge in [0.05, 0.1) is 19.8 Å². The van der Waals surface area contributed by atoms with E-state index in [1.165, 1.54) is 32.1 Å². The van der Waals surface area contributed by atoms with Crippen molar-refractivity contribution in [2.75, 3.05) is 13.2 Å². The summed E-state index contributed by atoms with van der Waals surface area (Å²) in [7, 11) is 0. The summed E-state index contributed by atoms with van der Waals surface area (Å²) in [5.41, 5.74) is 3.23. The maximum Gasteiger partial charge on any atom is 0.222 e. The number of unbranched alkanes of at least 4 members (excludes halogenated alkanes) is 5. The van der Waals surface area contributed by atoms with Gasteiger partial charge >= 0.3 is 0 Å². The molecule has 0 aromatic heterocycles. The van der Waals surface area contributed by atoms with Crippen molar-refractivity contribution < 1.29 is 14.2 Å². The van der Waals surface area contributed by atoms with E-state index in [1.807, 2.05) is 12.1 Å². The average Bonchev–Trinajstić information content (AvgIpc) is 2.89.